The monoisotopic (exact) mass is 631 g/mol. The van der Waals surface area contributed by atoms with E-state index in [0.717, 1.165) is 38.9 Å². The quantitative estimate of drug-likeness (QED) is 0.247. The Kier molecular flexibility index (Phi) is 8.69. The highest BCUT2D eigenvalue weighted by atomic mass is 79.9. The average molecular weight is 633 g/mol. The molecule has 0 atom stereocenters. The molecule has 12 heteroatoms. The minimum Gasteiger partial charge on any atom is -0.493 e. The van der Waals surface area contributed by atoms with E-state index < -0.39 is 15.8 Å². The Hall–Kier alpha value is -3.45. The van der Waals surface area contributed by atoms with Crippen molar-refractivity contribution in [2.45, 2.75) is 4.90 Å². The lowest BCUT2D eigenvalue weighted by Crippen LogP contribution is -2.38. The summed E-state index contributed by atoms with van der Waals surface area (Å²) < 4.78 is 66.2. The van der Waals surface area contributed by atoms with Gasteiger partial charge in [-0.15, -0.1) is 0 Å². The minimum absolute atomic E-state index is 0.0392. The van der Waals surface area contributed by atoms with Gasteiger partial charge in [-0.05, 0) is 52.3 Å². The average Bonchev–Trinajstić information content (AvgIpc) is 2.95. The van der Waals surface area contributed by atoms with Gasteiger partial charge in [0.15, 0.2) is 23.1 Å². The van der Waals surface area contributed by atoms with Crippen LogP contribution in [0.2, 0.25) is 0 Å². The molecule has 1 aromatic heterocycles. The molecule has 0 aliphatic carbocycles. The van der Waals surface area contributed by atoms with Crippen LogP contribution < -0.4 is 18.9 Å². The maximum absolute atomic E-state index is 15.1. The number of rotatable bonds is 10. The number of anilines is 1. The second kappa shape index (κ2) is 12.4. The number of nitrogens with zero attached hydrogens (tertiary/aromatic N) is 2. The summed E-state index contributed by atoms with van der Waals surface area (Å²) in [6, 6.07) is 15.3. The number of aromatic nitrogens is 1. The standard InChI is InChI=1S/C28H27BrFN3O6S/c1-36-26-17-20-23(18-27(26)38-15-12-33-10-13-37-14-11-33)31-9-8-24(20)39-25-7-6-19(16-22(25)30)32-40(34,35)28-5-3-2-4-21(28)29/h2-9,16-18,32H,10-15H2,1H3. The lowest BCUT2D eigenvalue weighted by Gasteiger charge is -2.26. The number of halogens is 2. The molecule has 1 fully saturated rings. The summed E-state index contributed by atoms with van der Waals surface area (Å²) in [5.41, 5.74) is 0.638. The predicted octanol–water partition coefficient (Wildman–Crippen LogP) is 5.45. The molecule has 3 aromatic carbocycles. The van der Waals surface area contributed by atoms with Crippen LogP contribution in [0.4, 0.5) is 10.1 Å². The third-order valence-electron chi connectivity index (χ3n) is 6.29. The van der Waals surface area contributed by atoms with Crippen molar-refractivity contribution in [2.24, 2.45) is 0 Å². The third-order valence-corrected chi connectivity index (χ3v) is 8.68. The number of morpholine rings is 1. The lowest BCUT2D eigenvalue weighted by atomic mass is 10.1. The Morgan fingerprint density at radius 1 is 1.02 bits per heavy atom. The fourth-order valence-corrected chi connectivity index (χ4v) is 6.29. The molecule has 0 bridgehead atoms. The SMILES string of the molecule is COc1cc2c(Oc3ccc(NS(=O)(=O)c4ccccc4Br)cc3F)ccnc2cc1OCCN1CCOCC1. The van der Waals surface area contributed by atoms with Gasteiger partial charge < -0.3 is 18.9 Å². The van der Waals surface area contributed by atoms with E-state index in [1.54, 1.807) is 49.7 Å². The van der Waals surface area contributed by atoms with Crippen LogP contribution in [0.1, 0.15) is 0 Å². The first kappa shape index (κ1) is 28.1. The van der Waals surface area contributed by atoms with Crippen molar-refractivity contribution >= 4 is 42.5 Å². The Morgan fingerprint density at radius 2 is 1.82 bits per heavy atom. The summed E-state index contributed by atoms with van der Waals surface area (Å²) in [7, 11) is -2.39. The number of methoxy groups -OCH3 is 1. The largest absolute Gasteiger partial charge is 0.493 e. The van der Waals surface area contributed by atoms with Crippen LogP contribution in [0.25, 0.3) is 10.9 Å². The second-order valence-corrected chi connectivity index (χ2v) is 11.4. The molecule has 1 N–H and O–H groups in total. The van der Waals surface area contributed by atoms with Gasteiger partial charge in [0.2, 0.25) is 0 Å². The second-order valence-electron chi connectivity index (χ2n) is 8.91. The van der Waals surface area contributed by atoms with Crippen molar-refractivity contribution in [3.63, 3.8) is 0 Å². The topological polar surface area (TPSA) is 99.2 Å². The molecule has 4 aromatic rings. The fraction of sp³-hybridized carbons (Fsp3) is 0.250. The zero-order valence-electron chi connectivity index (χ0n) is 21.6. The third kappa shape index (κ3) is 6.47. The van der Waals surface area contributed by atoms with E-state index in [9.17, 15) is 8.42 Å². The first-order valence-corrected chi connectivity index (χ1v) is 14.8. The molecule has 0 amide bonds. The van der Waals surface area contributed by atoms with E-state index in [-0.39, 0.29) is 16.3 Å². The summed E-state index contributed by atoms with van der Waals surface area (Å²) in [6.45, 7) is 4.41. The number of benzene rings is 3. The van der Waals surface area contributed by atoms with E-state index in [1.807, 2.05) is 0 Å². The van der Waals surface area contributed by atoms with Crippen LogP contribution >= 0.6 is 15.9 Å². The number of sulfonamides is 1. The van der Waals surface area contributed by atoms with Gasteiger partial charge in [-0.3, -0.25) is 14.6 Å². The highest BCUT2D eigenvalue weighted by Crippen LogP contribution is 2.38. The Morgan fingerprint density at radius 3 is 2.58 bits per heavy atom. The van der Waals surface area contributed by atoms with Crippen LogP contribution in [0.15, 0.2) is 76.2 Å². The number of fused-ring (bicyclic) bond motifs is 1. The van der Waals surface area contributed by atoms with Crippen LogP contribution in [-0.4, -0.2) is 64.9 Å². The molecule has 1 aliphatic rings. The molecule has 210 valence electrons. The van der Waals surface area contributed by atoms with Crippen molar-refractivity contribution in [1.29, 1.82) is 0 Å². The minimum atomic E-state index is -3.93. The Balaban J connectivity index is 1.33. The lowest BCUT2D eigenvalue weighted by molar-refractivity contribution is 0.0321. The van der Waals surface area contributed by atoms with E-state index in [2.05, 4.69) is 30.5 Å². The van der Waals surface area contributed by atoms with Gasteiger partial charge in [-0.1, -0.05) is 12.1 Å². The summed E-state index contributed by atoms with van der Waals surface area (Å²) in [6.07, 6.45) is 1.56. The number of hydrogen-bond donors (Lipinski definition) is 1. The van der Waals surface area contributed by atoms with Crippen molar-refractivity contribution in [2.75, 3.05) is 51.3 Å². The van der Waals surface area contributed by atoms with Crippen molar-refractivity contribution in [3.05, 3.63) is 77.2 Å². The Bertz CT molecular complexity index is 1620. The van der Waals surface area contributed by atoms with Crippen LogP contribution in [0.3, 0.4) is 0 Å². The maximum atomic E-state index is 15.1. The van der Waals surface area contributed by atoms with Gasteiger partial charge in [0.1, 0.15) is 17.3 Å². The van der Waals surface area contributed by atoms with Gasteiger partial charge in [0, 0.05) is 47.8 Å². The van der Waals surface area contributed by atoms with Gasteiger partial charge in [-0.25, -0.2) is 12.8 Å². The molecule has 1 saturated heterocycles. The summed E-state index contributed by atoms with van der Waals surface area (Å²) >= 11 is 3.23. The smallest absolute Gasteiger partial charge is 0.263 e. The fourth-order valence-electron chi connectivity index (χ4n) is 4.24. The molecule has 1 aliphatic heterocycles. The molecular weight excluding hydrogens is 605 g/mol. The summed E-state index contributed by atoms with van der Waals surface area (Å²) in [5.74, 6) is 0.558. The first-order chi connectivity index (χ1) is 19.3. The zero-order chi connectivity index (χ0) is 28.1. The number of nitrogens with one attached hydrogen (secondary N) is 1. The van der Waals surface area contributed by atoms with Gasteiger partial charge in [0.05, 0.1) is 31.5 Å². The van der Waals surface area contributed by atoms with Gasteiger partial charge >= 0.3 is 0 Å². The van der Waals surface area contributed by atoms with E-state index in [1.165, 1.54) is 18.2 Å². The molecule has 2 heterocycles. The van der Waals surface area contributed by atoms with Gasteiger partial charge in [0.25, 0.3) is 10.0 Å². The molecule has 0 spiro atoms. The van der Waals surface area contributed by atoms with Crippen LogP contribution in [0, 0.1) is 5.82 Å². The van der Waals surface area contributed by atoms with E-state index >= 15 is 4.39 Å². The summed E-state index contributed by atoms with van der Waals surface area (Å²) in [4.78, 5) is 6.72. The molecule has 0 radical (unpaired) electrons. The van der Waals surface area contributed by atoms with Crippen LogP contribution in [-0.2, 0) is 14.8 Å². The maximum Gasteiger partial charge on any atom is 0.263 e. The number of ether oxygens (including phenoxy) is 4. The van der Waals surface area contributed by atoms with Gasteiger partial charge in [-0.2, -0.15) is 0 Å². The van der Waals surface area contributed by atoms with E-state index in [4.69, 9.17) is 18.9 Å². The van der Waals surface area contributed by atoms with Crippen molar-refractivity contribution < 1.29 is 31.8 Å². The normalized spacial score (nSPS) is 14.2. The number of hydrogen-bond acceptors (Lipinski definition) is 8. The molecule has 5 rings (SSSR count). The molecule has 0 saturated carbocycles. The molecular formula is C28H27BrFN3O6S. The molecule has 40 heavy (non-hydrogen) atoms. The zero-order valence-corrected chi connectivity index (χ0v) is 24.0. The van der Waals surface area contributed by atoms with E-state index in [0.29, 0.717) is 39.2 Å². The van der Waals surface area contributed by atoms with Crippen LogP contribution in [0.5, 0.6) is 23.0 Å². The molecule has 0 unspecified atom stereocenters. The van der Waals surface area contributed by atoms with Crippen molar-refractivity contribution in [1.82, 2.24) is 9.88 Å². The highest BCUT2D eigenvalue weighted by molar-refractivity contribution is 9.10. The first-order valence-electron chi connectivity index (χ1n) is 12.5. The predicted molar refractivity (Wildman–Crippen MR) is 152 cm³/mol. The highest BCUT2D eigenvalue weighted by Gasteiger charge is 2.19. The van der Waals surface area contributed by atoms with Crippen molar-refractivity contribution in [3.8, 4) is 23.0 Å². The number of pyridine rings is 1. The molecule has 9 nitrogen and oxygen atoms in total. The Labute approximate surface area is 240 Å². The summed E-state index contributed by atoms with van der Waals surface area (Å²) in [5, 5.41) is 0.595.